The van der Waals surface area contributed by atoms with Crippen LogP contribution in [0.2, 0.25) is 0 Å². The number of hydrogen-bond acceptors (Lipinski definition) is 6. The van der Waals surface area contributed by atoms with E-state index in [0.29, 0.717) is 17.9 Å². The Morgan fingerprint density at radius 3 is 2.45 bits per heavy atom. The molecule has 2 aliphatic rings. The van der Waals surface area contributed by atoms with Crippen LogP contribution in [-0.4, -0.2) is 34.5 Å². The standard InChI is InChI=1S/C12H14N2S.C11H21N3.C2H6/c1-14-8-4-6-10(14)12-13-9-5-2-3-7-11(9)15-12;1-4-11(8(2)3)14(13)7-10(12)9-5-6-9;1-2/h2-3,5,7,10H,4,6,8H2,1H3;4,7-9,11H,1,5-6,12-13H2,2-3H3;1-2H3/b;10-7-;. The summed E-state index contributed by atoms with van der Waals surface area (Å²) in [6, 6.07) is 9.12. The Morgan fingerprint density at radius 1 is 1.26 bits per heavy atom. The van der Waals surface area contributed by atoms with Crippen LogP contribution in [0.3, 0.4) is 0 Å². The molecule has 0 bridgehead atoms. The lowest BCUT2D eigenvalue weighted by Crippen LogP contribution is -2.39. The molecular formula is C25H41N5S. The van der Waals surface area contributed by atoms with E-state index in [2.05, 4.69) is 56.6 Å². The minimum Gasteiger partial charge on any atom is -0.401 e. The molecule has 4 rings (SSSR count). The molecule has 4 N–H and O–H groups in total. The summed E-state index contributed by atoms with van der Waals surface area (Å²) in [5.41, 5.74) is 7.93. The minimum absolute atomic E-state index is 0.160. The first kappa shape index (κ1) is 25.4. The molecule has 1 aromatic heterocycles. The van der Waals surface area contributed by atoms with Crippen molar-refractivity contribution in [1.29, 1.82) is 0 Å². The van der Waals surface area contributed by atoms with Crippen LogP contribution < -0.4 is 11.6 Å². The Labute approximate surface area is 192 Å². The Kier molecular flexibility index (Phi) is 10.0. The van der Waals surface area contributed by atoms with E-state index in [1.165, 1.54) is 41.9 Å². The zero-order valence-corrected chi connectivity index (χ0v) is 20.7. The van der Waals surface area contributed by atoms with E-state index in [0.717, 1.165) is 11.2 Å². The summed E-state index contributed by atoms with van der Waals surface area (Å²) < 4.78 is 1.31. The van der Waals surface area contributed by atoms with Crippen molar-refractivity contribution in [3.8, 4) is 0 Å². The zero-order chi connectivity index (χ0) is 23.0. The third-order valence-corrected chi connectivity index (χ3v) is 6.87. The summed E-state index contributed by atoms with van der Waals surface area (Å²) >= 11 is 1.85. The van der Waals surface area contributed by atoms with Crippen molar-refractivity contribution in [2.24, 2.45) is 23.4 Å². The maximum atomic E-state index is 5.90. The number of fused-ring (bicyclic) bond motifs is 1. The molecule has 0 amide bonds. The summed E-state index contributed by atoms with van der Waals surface area (Å²) in [4.78, 5) is 7.14. The molecule has 1 aliphatic heterocycles. The highest BCUT2D eigenvalue weighted by molar-refractivity contribution is 7.18. The second kappa shape index (κ2) is 12.2. The van der Waals surface area contributed by atoms with E-state index in [-0.39, 0.29) is 6.04 Å². The van der Waals surface area contributed by atoms with Crippen LogP contribution in [0.15, 0.2) is 48.8 Å². The fourth-order valence-electron chi connectivity index (χ4n) is 3.77. The van der Waals surface area contributed by atoms with Gasteiger partial charge in [0.2, 0.25) is 0 Å². The minimum atomic E-state index is 0.160. The molecule has 2 heterocycles. The number of benzene rings is 1. The summed E-state index contributed by atoms with van der Waals surface area (Å²) in [6.45, 7) is 13.2. The molecule has 1 aromatic carbocycles. The number of likely N-dealkylation sites (tertiary alicyclic amines) is 1. The van der Waals surface area contributed by atoms with E-state index >= 15 is 0 Å². The Bertz CT molecular complexity index is 806. The molecular weight excluding hydrogens is 402 g/mol. The highest BCUT2D eigenvalue weighted by atomic mass is 32.1. The van der Waals surface area contributed by atoms with Crippen LogP contribution in [0.25, 0.3) is 10.2 Å². The lowest BCUT2D eigenvalue weighted by Gasteiger charge is -2.27. The number of hydrazine groups is 1. The van der Waals surface area contributed by atoms with Crippen molar-refractivity contribution in [2.45, 2.75) is 65.5 Å². The van der Waals surface area contributed by atoms with Crippen molar-refractivity contribution >= 4 is 21.6 Å². The molecule has 172 valence electrons. The van der Waals surface area contributed by atoms with Gasteiger partial charge in [-0.25, -0.2) is 10.8 Å². The number of nitrogens with two attached hydrogens (primary N) is 2. The monoisotopic (exact) mass is 443 g/mol. The van der Waals surface area contributed by atoms with Gasteiger partial charge in [-0.2, -0.15) is 0 Å². The van der Waals surface area contributed by atoms with Crippen molar-refractivity contribution in [2.75, 3.05) is 13.6 Å². The van der Waals surface area contributed by atoms with Crippen molar-refractivity contribution in [1.82, 2.24) is 14.9 Å². The third kappa shape index (κ3) is 7.06. The smallest absolute Gasteiger partial charge is 0.111 e. The van der Waals surface area contributed by atoms with Crippen LogP contribution in [0.1, 0.15) is 64.4 Å². The predicted octanol–water partition coefficient (Wildman–Crippen LogP) is 5.67. The topological polar surface area (TPSA) is 71.4 Å². The first-order valence-electron chi connectivity index (χ1n) is 11.6. The van der Waals surface area contributed by atoms with Gasteiger partial charge in [0.1, 0.15) is 5.01 Å². The molecule has 2 unspecified atom stereocenters. The highest BCUT2D eigenvalue weighted by Gasteiger charge is 2.26. The first-order chi connectivity index (χ1) is 14.9. The maximum absolute atomic E-state index is 5.90. The van der Waals surface area contributed by atoms with E-state index < -0.39 is 0 Å². The second-order valence-corrected chi connectivity index (χ2v) is 9.54. The van der Waals surface area contributed by atoms with Gasteiger partial charge in [0.25, 0.3) is 0 Å². The quantitative estimate of drug-likeness (QED) is 0.342. The van der Waals surface area contributed by atoms with Crippen molar-refractivity contribution in [3.05, 3.63) is 53.8 Å². The van der Waals surface area contributed by atoms with Gasteiger partial charge in [-0.05, 0) is 57.3 Å². The number of allylic oxidation sites excluding steroid dienone is 1. The molecule has 6 heteroatoms. The average Bonchev–Trinajstić information content (AvgIpc) is 3.39. The summed E-state index contributed by atoms with van der Waals surface area (Å²) in [7, 11) is 2.20. The summed E-state index contributed by atoms with van der Waals surface area (Å²) in [6.07, 6.45) is 8.69. The van der Waals surface area contributed by atoms with Gasteiger partial charge in [0.05, 0.1) is 22.3 Å². The van der Waals surface area contributed by atoms with E-state index in [1.807, 2.05) is 37.5 Å². The number of para-hydroxylation sites is 1. The largest absolute Gasteiger partial charge is 0.401 e. The molecule has 0 spiro atoms. The molecule has 1 saturated heterocycles. The molecule has 2 aromatic rings. The SMILES string of the molecule is C=CC(C(C)C)N(N)/C=C(\N)C1CC1.CC.CN1CCCC1c1nc2ccccc2s1. The molecule has 5 nitrogen and oxygen atoms in total. The normalized spacial score (nSPS) is 20.0. The Hall–Kier alpha value is -1.89. The van der Waals surface area contributed by atoms with E-state index in [9.17, 15) is 0 Å². The van der Waals surface area contributed by atoms with Gasteiger partial charge in [-0.1, -0.05) is 45.9 Å². The van der Waals surface area contributed by atoms with E-state index in [1.54, 1.807) is 5.01 Å². The Morgan fingerprint density at radius 2 is 1.94 bits per heavy atom. The van der Waals surface area contributed by atoms with Crippen LogP contribution in [-0.2, 0) is 0 Å². The van der Waals surface area contributed by atoms with Gasteiger partial charge < -0.3 is 10.7 Å². The molecule has 2 fully saturated rings. The Balaban J connectivity index is 0.000000205. The lowest BCUT2D eigenvalue weighted by molar-refractivity contribution is 0.268. The van der Waals surface area contributed by atoms with Crippen LogP contribution in [0.5, 0.6) is 0 Å². The lowest BCUT2D eigenvalue weighted by atomic mass is 10.0. The zero-order valence-electron chi connectivity index (χ0n) is 19.9. The number of nitrogens with zero attached hydrogens (tertiary/aromatic N) is 3. The van der Waals surface area contributed by atoms with Gasteiger partial charge in [0.15, 0.2) is 0 Å². The third-order valence-electron chi connectivity index (χ3n) is 5.73. The second-order valence-electron chi connectivity index (χ2n) is 8.48. The summed E-state index contributed by atoms with van der Waals surface area (Å²) in [5, 5.41) is 2.96. The molecule has 31 heavy (non-hydrogen) atoms. The molecule has 1 aliphatic carbocycles. The van der Waals surface area contributed by atoms with Gasteiger partial charge in [-0.15, -0.1) is 17.9 Å². The number of thiazole rings is 1. The van der Waals surface area contributed by atoms with Crippen LogP contribution in [0.4, 0.5) is 0 Å². The molecule has 2 atom stereocenters. The van der Waals surface area contributed by atoms with Crippen LogP contribution >= 0.6 is 11.3 Å². The number of aromatic nitrogens is 1. The fraction of sp³-hybridized carbons (Fsp3) is 0.560. The fourth-order valence-corrected chi connectivity index (χ4v) is 4.94. The predicted molar refractivity (Wildman–Crippen MR) is 135 cm³/mol. The van der Waals surface area contributed by atoms with Crippen LogP contribution in [0, 0.1) is 11.8 Å². The highest BCUT2D eigenvalue weighted by Crippen LogP contribution is 2.35. The molecule has 0 radical (unpaired) electrons. The van der Waals surface area contributed by atoms with Crippen molar-refractivity contribution < 1.29 is 0 Å². The van der Waals surface area contributed by atoms with Gasteiger partial charge in [0, 0.05) is 17.8 Å². The number of hydrogen-bond donors (Lipinski definition) is 2. The molecule has 1 saturated carbocycles. The van der Waals surface area contributed by atoms with E-state index in [4.69, 9.17) is 16.6 Å². The maximum Gasteiger partial charge on any atom is 0.111 e. The average molecular weight is 444 g/mol. The van der Waals surface area contributed by atoms with Crippen molar-refractivity contribution in [3.63, 3.8) is 0 Å². The number of rotatable bonds is 6. The van der Waals surface area contributed by atoms with Gasteiger partial charge >= 0.3 is 0 Å². The summed E-state index contributed by atoms with van der Waals surface area (Å²) in [5.74, 6) is 6.91. The first-order valence-corrected chi connectivity index (χ1v) is 12.4. The van der Waals surface area contributed by atoms with Gasteiger partial charge in [-0.3, -0.25) is 4.90 Å².